The number of hydrogen-bond donors (Lipinski definition) is 1. The van der Waals surface area contributed by atoms with E-state index < -0.39 is 11.9 Å². The van der Waals surface area contributed by atoms with E-state index in [2.05, 4.69) is 10.1 Å². The summed E-state index contributed by atoms with van der Waals surface area (Å²) < 4.78 is 5.17. The van der Waals surface area contributed by atoms with Gasteiger partial charge in [0.1, 0.15) is 0 Å². The van der Waals surface area contributed by atoms with E-state index in [4.69, 9.17) is 9.63 Å². The van der Waals surface area contributed by atoms with Crippen molar-refractivity contribution < 1.29 is 19.2 Å². The van der Waals surface area contributed by atoms with Gasteiger partial charge >= 0.3 is 5.97 Å². The Bertz CT molecular complexity index is 541. The lowest BCUT2D eigenvalue weighted by Gasteiger charge is -2.31. The maximum atomic E-state index is 12.3. The van der Waals surface area contributed by atoms with Crippen molar-refractivity contribution in [3.8, 4) is 0 Å². The molecular weight excluding hydrogens is 262 g/mol. The highest BCUT2D eigenvalue weighted by Gasteiger charge is 2.50. The van der Waals surface area contributed by atoms with E-state index in [1.54, 1.807) is 11.8 Å². The summed E-state index contributed by atoms with van der Waals surface area (Å²) in [6.07, 6.45) is 2.26. The monoisotopic (exact) mass is 279 g/mol. The third-order valence-corrected chi connectivity index (χ3v) is 4.05. The van der Waals surface area contributed by atoms with Crippen molar-refractivity contribution in [2.45, 2.75) is 32.1 Å². The molecule has 1 aromatic heterocycles. The predicted molar refractivity (Wildman–Crippen MR) is 66.8 cm³/mol. The van der Waals surface area contributed by atoms with Gasteiger partial charge in [0, 0.05) is 13.1 Å². The standard InChI is InChI=1S/C13H17N3O4/c1-7-14-11(20-15-7)8-3-2-4-16(6-8)12(17)9-5-10(9)13(18)19/h8-10H,2-6H2,1H3,(H,18,19)/t8-,9+,10+/m1/s1. The van der Waals surface area contributed by atoms with Crippen molar-refractivity contribution in [2.24, 2.45) is 11.8 Å². The van der Waals surface area contributed by atoms with Gasteiger partial charge in [0.2, 0.25) is 11.8 Å². The van der Waals surface area contributed by atoms with Crippen LogP contribution in [0.15, 0.2) is 4.52 Å². The molecule has 1 aromatic rings. The number of rotatable bonds is 3. The molecule has 1 amide bonds. The molecule has 20 heavy (non-hydrogen) atoms. The summed E-state index contributed by atoms with van der Waals surface area (Å²) in [7, 11) is 0. The van der Waals surface area contributed by atoms with E-state index in [1.807, 2.05) is 0 Å². The fourth-order valence-electron chi connectivity index (χ4n) is 2.83. The largest absolute Gasteiger partial charge is 0.481 e. The fourth-order valence-corrected chi connectivity index (χ4v) is 2.83. The van der Waals surface area contributed by atoms with Crippen LogP contribution < -0.4 is 0 Å². The molecule has 1 N–H and O–H groups in total. The number of hydrogen-bond acceptors (Lipinski definition) is 5. The van der Waals surface area contributed by atoms with Crippen molar-refractivity contribution in [1.82, 2.24) is 15.0 Å². The molecule has 1 saturated heterocycles. The Morgan fingerprint density at radius 3 is 2.80 bits per heavy atom. The Balaban J connectivity index is 1.64. The van der Waals surface area contributed by atoms with E-state index in [1.165, 1.54) is 0 Å². The zero-order chi connectivity index (χ0) is 14.3. The summed E-state index contributed by atoms with van der Waals surface area (Å²) in [5.74, 6) is -0.509. The Kier molecular flexibility index (Phi) is 3.19. The van der Waals surface area contributed by atoms with Crippen LogP contribution in [0.2, 0.25) is 0 Å². The minimum atomic E-state index is -0.871. The zero-order valence-corrected chi connectivity index (χ0v) is 11.3. The van der Waals surface area contributed by atoms with Crippen LogP contribution in [0.4, 0.5) is 0 Å². The maximum absolute atomic E-state index is 12.3. The third kappa shape index (κ3) is 2.39. The molecule has 0 radical (unpaired) electrons. The van der Waals surface area contributed by atoms with Crippen LogP contribution in [-0.2, 0) is 9.59 Å². The lowest BCUT2D eigenvalue weighted by molar-refractivity contribution is -0.142. The molecule has 0 bridgehead atoms. The first-order valence-corrected chi connectivity index (χ1v) is 6.88. The van der Waals surface area contributed by atoms with Crippen molar-refractivity contribution in [2.75, 3.05) is 13.1 Å². The number of piperidine rings is 1. The number of aryl methyl sites for hydroxylation is 1. The van der Waals surface area contributed by atoms with Gasteiger partial charge in [0.15, 0.2) is 5.82 Å². The van der Waals surface area contributed by atoms with E-state index in [-0.39, 0.29) is 17.7 Å². The normalized spacial score (nSPS) is 29.2. The minimum absolute atomic E-state index is 0.0432. The molecule has 0 unspecified atom stereocenters. The van der Waals surface area contributed by atoms with Crippen LogP contribution in [0.1, 0.15) is 36.9 Å². The lowest BCUT2D eigenvalue weighted by Crippen LogP contribution is -2.40. The van der Waals surface area contributed by atoms with Crippen molar-refractivity contribution in [1.29, 1.82) is 0 Å². The molecule has 2 heterocycles. The number of aromatic nitrogens is 2. The molecule has 1 aliphatic heterocycles. The Hall–Kier alpha value is -1.92. The molecule has 2 fully saturated rings. The second-order valence-corrected chi connectivity index (χ2v) is 5.59. The summed E-state index contributed by atoms with van der Waals surface area (Å²) in [6, 6.07) is 0. The van der Waals surface area contributed by atoms with Crippen LogP contribution >= 0.6 is 0 Å². The minimum Gasteiger partial charge on any atom is -0.481 e. The molecule has 0 aromatic carbocycles. The average molecular weight is 279 g/mol. The first-order chi connectivity index (χ1) is 9.56. The molecule has 1 aliphatic carbocycles. The van der Waals surface area contributed by atoms with Crippen LogP contribution in [0.25, 0.3) is 0 Å². The van der Waals surface area contributed by atoms with E-state index in [9.17, 15) is 9.59 Å². The van der Waals surface area contributed by atoms with Crippen LogP contribution in [0.3, 0.4) is 0 Å². The molecule has 108 valence electrons. The number of amides is 1. The highest BCUT2D eigenvalue weighted by molar-refractivity contribution is 5.89. The number of nitrogens with zero attached hydrogens (tertiary/aromatic N) is 3. The summed E-state index contributed by atoms with van der Waals surface area (Å²) >= 11 is 0. The Labute approximate surface area is 115 Å². The van der Waals surface area contributed by atoms with E-state index in [0.29, 0.717) is 31.2 Å². The van der Waals surface area contributed by atoms with Crippen molar-refractivity contribution >= 4 is 11.9 Å². The topological polar surface area (TPSA) is 96.5 Å². The van der Waals surface area contributed by atoms with Gasteiger partial charge in [0.25, 0.3) is 0 Å². The molecular formula is C13H17N3O4. The van der Waals surface area contributed by atoms with Gasteiger partial charge in [-0.15, -0.1) is 0 Å². The lowest BCUT2D eigenvalue weighted by atomic mass is 9.97. The van der Waals surface area contributed by atoms with Crippen molar-refractivity contribution in [3.63, 3.8) is 0 Å². The van der Waals surface area contributed by atoms with Crippen molar-refractivity contribution in [3.05, 3.63) is 11.7 Å². The van der Waals surface area contributed by atoms with Gasteiger partial charge in [0.05, 0.1) is 17.8 Å². The smallest absolute Gasteiger partial charge is 0.307 e. The number of carboxylic acid groups (broad SMARTS) is 1. The highest BCUT2D eigenvalue weighted by Crippen LogP contribution is 2.41. The van der Waals surface area contributed by atoms with Crippen LogP contribution in [0, 0.1) is 18.8 Å². The number of aliphatic carboxylic acids is 1. The van der Waals surface area contributed by atoms with Gasteiger partial charge in [-0.05, 0) is 26.2 Å². The third-order valence-electron chi connectivity index (χ3n) is 4.05. The molecule has 1 saturated carbocycles. The highest BCUT2D eigenvalue weighted by atomic mass is 16.5. The number of carboxylic acids is 1. The van der Waals surface area contributed by atoms with Crippen LogP contribution in [-0.4, -0.2) is 45.1 Å². The fraction of sp³-hybridized carbons (Fsp3) is 0.692. The van der Waals surface area contributed by atoms with Gasteiger partial charge in [-0.3, -0.25) is 9.59 Å². The maximum Gasteiger partial charge on any atom is 0.307 e. The number of likely N-dealkylation sites (tertiary alicyclic amines) is 1. The summed E-state index contributed by atoms with van der Waals surface area (Å²) in [4.78, 5) is 29.1. The molecule has 7 nitrogen and oxygen atoms in total. The molecule has 7 heteroatoms. The van der Waals surface area contributed by atoms with Crippen LogP contribution in [0.5, 0.6) is 0 Å². The molecule has 3 rings (SSSR count). The van der Waals surface area contributed by atoms with E-state index in [0.717, 1.165) is 12.8 Å². The quantitative estimate of drug-likeness (QED) is 0.879. The number of carbonyl (C=O) groups excluding carboxylic acids is 1. The predicted octanol–water partition coefficient (Wildman–Crippen LogP) is 0.805. The average Bonchev–Trinajstić information content (AvgIpc) is 3.13. The van der Waals surface area contributed by atoms with E-state index >= 15 is 0 Å². The van der Waals surface area contributed by atoms with Gasteiger partial charge < -0.3 is 14.5 Å². The number of carbonyl (C=O) groups is 2. The second kappa shape index (κ2) is 4.88. The summed E-state index contributed by atoms with van der Waals surface area (Å²) in [6.45, 7) is 3.00. The summed E-state index contributed by atoms with van der Waals surface area (Å²) in [5, 5.41) is 12.7. The first-order valence-electron chi connectivity index (χ1n) is 6.88. The zero-order valence-electron chi connectivity index (χ0n) is 11.3. The van der Waals surface area contributed by atoms with Gasteiger partial charge in [-0.2, -0.15) is 4.98 Å². The SMILES string of the molecule is Cc1noc([C@@H]2CCCN(C(=O)[C@H]3C[C@@H]3C(=O)O)C2)n1. The van der Waals surface area contributed by atoms with Gasteiger partial charge in [-0.1, -0.05) is 5.16 Å². The molecule has 0 spiro atoms. The molecule has 2 aliphatic rings. The summed E-state index contributed by atoms with van der Waals surface area (Å²) in [5.41, 5.74) is 0. The Morgan fingerprint density at radius 1 is 1.40 bits per heavy atom. The first kappa shape index (κ1) is 13.1. The Morgan fingerprint density at radius 2 is 2.20 bits per heavy atom. The van der Waals surface area contributed by atoms with Gasteiger partial charge in [-0.25, -0.2) is 0 Å². The molecule has 3 atom stereocenters. The second-order valence-electron chi connectivity index (χ2n) is 5.59.